The molecule has 4 nitrogen and oxygen atoms in total. The molecular weight excluding hydrogens is 275 g/mol. The summed E-state index contributed by atoms with van der Waals surface area (Å²) >= 11 is 0. The first-order valence-corrected chi connectivity index (χ1v) is 5.98. The van der Waals surface area contributed by atoms with Gasteiger partial charge in [-0.3, -0.25) is 10.1 Å². The Bertz CT molecular complexity index is 552. The van der Waals surface area contributed by atoms with Gasteiger partial charge < -0.3 is 4.74 Å². The zero-order chi connectivity index (χ0) is 14.8. The van der Waals surface area contributed by atoms with Crippen molar-refractivity contribution in [2.75, 3.05) is 13.2 Å². The Labute approximate surface area is 113 Å². The molecule has 7 heteroatoms. The van der Waals surface area contributed by atoms with Gasteiger partial charge in [0.2, 0.25) is 0 Å². The minimum atomic E-state index is -4.49. The molecule has 0 bridgehead atoms. The van der Waals surface area contributed by atoms with E-state index in [0.29, 0.717) is 30.8 Å². The van der Waals surface area contributed by atoms with E-state index < -0.39 is 23.2 Å². The average Bonchev–Trinajstić information content (AvgIpc) is 2.38. The van der Waals surface area contributed by atoms with Crippen molar-refractivity contribution >= 4 is 11.3 Å². The van der Waals surface area contributed by atoms with Crippen molar-refractivity contribution in [1.82, 2.24) is 0 Å². The van der Waals surface area contributed by atoms with Crippen molar-refractivity contribution in [2.24, 2.45) is 0 Å². The Morgan fingerprint density at radius 3 is 2.65 bits per heavy atom. The smallest absolute Gasteiger partial charge is 0.377 e. The Morgan fingerprint density at radius 1 is 1.35 bits per heavy atom. The largest absolute Gasteiger partial charge is 0.393 e. The number of benzene rings is 1. The number of hydrogen-bond acceptors (Lipinski definition) is 3. The first-order valence-electron chi connectivity index (χ1n) is 5.98. The van der Waals surface area contributed by atoms with Crippen LogP contribution in [0.3, 0.4) is 0 Å². The molecule has 1 aliphatic rings. The molecule has 0 saturated carbocycles. The molecule has 0 atom stereocenters. The van der Waals surface area contributed by atoms with E-state index in [4.69, 9.17) is 4.74 Å². The summed E-state index contributed by atoms with van der Waals surface area (Å²) in [5, 5.41) is 10.9. The number of halogens is 3. The lowest BCUT2D eigenvalue weighted by atomic mass is 9.93. The molecule has 108 valence electrons. The predicted molar refractivity (Wildman–Crippen MR) is 66.3 cm³/mol. The highest BCUT2D eigenvalue weighted by Crippen LogP contribution is 2.34. The van der Waals surface area contributed by atoms with Crippen molar-refractivity contribution in [2.45, 2.75) is 19.0 Å². The van der Waals surface area contributed by atoms with Crippen LogP contribution in [0.15, 0.2) is 24.3 Å². The van der Waals surface area contributed by atoms with Crippen molar-refractivity contribution in [3.05, 3.63) is 45.5 Å². The predicted octanol–water partition coefficient (Wildman–Crippen LogP) is 3.50. The highest BCUT2D eigenvalue weighted by Gasteiger charge is 2.33. The molecule has 0 unspecified atom stereocenters. The molecule has 0 radical (unpaired) electrons. The average molecular weight is 287 g/mol. The van der Waals surface area contributed by atoms with Gasteiger partial charge >= 0.3 is 6.18 Å². The molecule has 1 aromatic carbocycles. The van der Waals surface area contributed by atoms with Crippen LogP contribution >= 0.6 is 0 Å². The fourth-order valence-electron chi connectivity index (χ4n) is 2.20. The molecule has 0 aliphatic carbocycles. The van der Waals surface area contributed by atoms with Crippen LogP contribution in [0.1, 0.15) is 17.5 Å². The minimum absolute atomic E-state index is 0.279. The van der Waals surface area contributed by atoms with Crippen molar-refractivity contribution < 1.29 is 22.8 Å². The summed E-state index contributed by atoms with van der Waals surface area (Å²) in [5.74, 6) is 0. The summed E-state index contributed by atoms with van der Waals surface area (Å²) in [6.07, 6.45) is -3.68. The van der Waals surface area contributed by atoms with Gasteiger partial charge in [-0.25, -0.2) is 0 Å². The zero-order valence-electron chi connectivity index (χ0n) is 10.4. The molecule has 0 aromatic heterocycles. The summed E-state index contributed by atoms with van der Waals surface area (Å²) in [6, 6.07) is 4.00. The Balaban J connectivity index is 2.52. The van der Waals surface area contributed by atoms with E-state index in [0.717, 1.165) is 6.07 Å². The van der Waals surface area contributed by atoms with E-state index in [1.165, 1.54) is 12.1 Å². The number of ether oxygens (including phenoxy) is 1. The lowest BCUT2D eigenvalue weighted by molar-refractivity contribution is -0.386. The van der Waals surface area contributed by atoms with Gasteiger partial charge in [0, 0.05) is 11.6 Å². The van der Waals surface area contributed by atoms with Crippen molar-refractivity contribution in [1.29, 1.82) is 0 Å². The number of nitro groups is 1. The van der Waals surface area contributed by atoms with E-state index in [9.17, 15) is 23.3 Å². The number of nitro benzene ring substituents is 1. The maximum absolute atomic E-state index is 12.7. The van der Waals surface area contributed by atoms with Gasteiger partial charge in [0.05, 0.1) is 24.6 Å². The summed E-state index contributed by atoms with van der Waals surface area (Å²) in [7, 11) is 0. The maximum atomic E-state index is 12.7. The third-order valence-corrected chi connectivity index (χ3v) is 3.03. The van der Waals surface area contributed by atoms with Crippen LogP contribution in [0, 0.1) is 10.1 Å². The van der Waals surface area contributed by atoms with Crippen LogP contribution in [0.25, 0.3) is 5.57 Å². The van der Waals surface area contributed by atoms with Crippen LogP contribution in [0.2, 0.25) is 0 Å². The summed E-state index contributed by atoms with van der Waals surface area (Å²) in [4.78, 5) is 10.2. The van der Waals surface area contributed by atoms with Crippen LogP contribution in [0.4, 0.5) is 18.9 Å². The van der Waals surface area contributed by atoms with Gasteiger partial charge in [0.15, 0.2) is 0 Å². The minimum Gasteiger partial charge on any atom is -0.377 e. The second-order valence-electron chi connectivity index (χ2n) is 4.41. The van der Waals surface area contributed by atoms with Crippen molar-refractivity contribution in [3.63, 3.8) is 0 Å². The number of rotatable bonds is 3. The van der Waals surface area contributed by atoms with Crippen molar-refractivity contribution in [3.8, 4) is 0 Å². The molecule has 0 fully saturated rings. The molecular formula is C13H12F3NO3. The molecule has 2 rings (SSSR count). The third-order valence-electron chi connectivity index (χ3n) is 3.03. The van der Waals surface area contributed by atoms with Crippen LogP contribution in [-0.4, -0.2) is 24.3 Å². The molecule has 0 N–H and O–H groups in total. The first kappa shape index (κ1) is 14.5. The number of alkyl halides is 3. The molecule has 1 aliphatic heterocycles. The van der Waals surface area contributed by atoms with Crippen LogP contribution in [-0.2, 0) is 11.2 Å². The van der Waals surface area contributed by atoms with Gasteiger partial charge in [0.25, 0.3) is 5.69 Å². The number of nitrogens with zero attached hydrogens (tertiary/aromatic N) is 1. The van der Waals surface area contributed by atoms with E-state index in [2.05, 4.69) is 0 Å². The van der Waals surface area contributed by atoms with E-state index in [-0.39, 0.29) is 5.56 Å². The monoisotopic (exact) mass is 287 g/mol. The van der Waals surface area contributed by atoms with Gasteiger partial charge in [-0.1, -0.05) is 18.2 Å². The zero-order valence-corrected chi connectivity index (χ0v) is 10.4. The topological polar surface area (TPSA) is 52.4 Å². The summed E-state index contributed by atoms with van der Waals surface area (Å²) < 4.78 is 43.1. The number of hydrogen-bond donors (Lipinski definition) is 0. The maximum Gasteiger partial charge on any atom is 0.393 e. The second kappa shape index (κ2) is 5.62. The molecule has 0 amide bonds. The Morgan fingerprint density at radius 2 is 2.10 bits per heavy atom. The molecule has 0 spiro atoms. The standard InChI is InChI=1S/C13H12F3NO3/c14-13(15,16)8-11-10(9-4-6-20-7-5-9)2-1-3-12(11)17(18)19/h1-4H,5-8H2. The highest BCUT2D eigenvalue weighted by atomic mass is 19.4. The Hall–Kier alpha value is -1.89. The van der Waals surface area contributed by atoms with Gasteiger partial charge in [-0.05, 0) is 17.6 Å². The van der Waals surface area contributed by atoms with Gasteiger partial charge in [-0.15, -0.1) is 0 Å². The van der Waals surface area contributed by atoms with Gasteiger partial charge in [-0.2, -0.15) is 13.2 Å². The molecule has 1 heterocycles. The van der Waals surface area contributed by atoms with E-state index in [1.807, 2.05) is 0 Å². The van der Waals surface area contributed by atoms with Crippen LogP contribution < -0.4 is 0 Å². The highest BCUT2D eigenvalue weighted by molar-refractivity contribution is 5.72. The molecule has 1 aromatic rings. The molecule has 0 saturated heterocycles. The lowest BCUT2D eigenvalue weighted by Gasteiger charge is -2.18. The second-order valence-corrected chi connectivity index (χ2v) is 4.41. The SMILES string of the molecule is O=[N+]([O-])c1cccc(C2=CCOCC2)c1CC(F)(F)F. The third kappa shape index (κ3) is 3.36. The fraction of sp³-hybridized carbons (Fsp3) is 0.385. The summed E-state index contributed by atoms with van der Waals surface area (Å²) in [6.45, 7) is 0.712. The summed E-state index contributed by atoms with van der Waals surface area (Å²) in [5.41, 5.74) is 0.185. The normalized spacial score (nSPS) is 15.8. The fourth-order valence-corrected chi connectivity index (χ4v) is 2.20. The molecule has 20 heavy (non-hydrogen) atoms. The van der Waals surface area contributed by atoms with Gasteiger partial charge in [0.1, 0.15) is 0 Å². The van der Waals surface area contributed by atoms with Crippen LogP contribution in [0.5, 0.6) is 0 Å². The van der Waals surface area contributed by atoms with E-state index >= 15 is 0 Å². The first-order chi connectivity index (χ1) is 9.38. The Kier molecular flexibility index (Phi) is 4.08. The lowest BCUT2D eigenvalue weighted by Crippen LogP contribution is -2.15. The van der Waals surface area contributed by atoms with E-state index in [1.54, 1.807) is 6.08 Å². The quantitative estimate of drug-likeness (QED) is 0.631.